The van der Waals surface area contributed by atoms with Crippen LogP contribution in [0, 0.1) is 0 Å². The Hall–Kier alpha value is -1.43. The Bertz CT molecular complexity index is 531. The predicted octanol–water partition coefficient (Wildman–Crippen LogP) is 1.76. The van der Waals surface area contributed by atoms with Crippen LogP contribution in [0.5, 0.6) is 0 Å². The lowest BCUT2D eigenvalue weighted by Crippen LogP contribution is -2.52. The SMILES string of the molecule is O=C1C(Cl)C(NCC2CCCO2)C=NN1Cc1ccccc1. The molecule has 1 fully saturated rings. The van der Waals surface area contributed by atoms with Gasteiger partial charge in [0.05, 0.1) is 18.7 Å². The third kappa shape index (κ3) is 3.66. The Morgan fingerprint density at radius 1 is 1.36 bits per heavy atom. The molecule has 1 amide bonds. The maximum atomic E-state index is 12.3. The predicted molar refractivity (Wildman–Crippen MR) is 85.9 cm³/mol. The monoisotopic (exact) mass is 321 g/mol. The van der Waals surface area contributed by atoms with Gasteiger partial charge in [-0.25, -0.2) is 5.01 Å². The van der Waals surface area contributed by atoms with Crippen LogP contribution in [-0.2, 0) is 16.1 Å². The van der Waals surface area contributed by atoms with Crippen LogP contribution in [0.2, 0.25) is 0 Å². The van der Waals surface area contributed by atoms with Crippen molar-refractivity contribution in [1.82, 2.24) is 10.3 Å². The molecule has 0 saturated carbocycles. The van der Waals surface area contributed by atoms with Crippen molar-refractivity contribution < 1.29 is 9.53 Å². The zero-order chi connectivity index (χ0) is 15.4. The fourth-order valence-corrected chi connectivity index (χ4v) is 2.95. The van der Waals surface area contributed by atoms with Crippen molar-refractivity contribution >= 4 is 23.7 Å². The first-order valence-corrected chi connectivity index (χ1v) is 8.06. The van der Waals surface area contributed by atoms with Crippen molar-refractivity contribution in [3.63, 3.8) is 0 Å². The average molecular weight is 322 g/mol. The van der Waals surface area contributed by atoms with Gasteiger partial charge in [0, 0.05) is 19.4 Å². The number of rotatable bonds is 5. The first-order valence-electron chi connectivity index (χ1n) is 7.62. The van der Waals surface area contributed by atoms with E-state index in [4.69, 9.17) is 16.3 Å². The highest BCUT2D eigenvalue weighted by atomic mass is 35.5. The van der Waals surface area contributed by atoms with Crippen LogP contribution in [-0.4, -0.2) is 47.8 Å². The van der Waals surface area contributed by atoms with E-state index >= 15 is 0 Å². The zero-order valence-corrected chi connectivity index (χ0v) is 13.1. The molecule has 0 aliphatic carbocycles. The topological polar surface area (TPSA) is 53.9 Å². The van der Waals surface area contributed by atoms with E-state index < -0.39 is 5.38 Å². The number of nitrogens with one attached hydrogen (secondary N) is 1. The molecule has 0 aromatic heterocycles. The van der Waals surface area contributed by atoms with Gasteiger partial charge in [0.2, 0.25) is 0 Å². The molecule has 6 heteroatoms. The smallest absolute Gasteiger partial charge is 0.263 e. The Morgan fingerprint density at radius 2 is 2.18 bits per heavy atom. The van der Waals surface area contributed by atoms with E-state index in [9.17, 15) is 4.79 Å². The number of alkyl halides is 1. The highest BCUT2D eigenvalue weighted by Crippen LogP contribution is 2.17. The minimum atomic E-state index is -0.636. The number of hydrazone groups is 1. The average Bonchev–Trinajstić information content (AvgIpc) is 3.06. The molecule has 2 aliphatic rings. The summed E-state index contributed by atoms with van der Waals surface area (Å²) in [4.78, 5) is 12.3. The highest BCUT2D eigenvalue weighted by molar-refractivity contribution is 6.32. The number of amides is 1. The van der Waals surface area contributed by atoms with E-state index in [1.807, 2.05) is 30.3 Å². The molecule has 0 bridgehead atoms. The fourth-order valence-electron chi connectivity index (χ4n) is 2.68. The summed E-state index contributed by atoms with van der Waals surface area (Å²) in [7, 11) is 0. The number of hydrogen-bond donors (Lipinski definition) is 1. The summed E-state index contributed by atoms with van der Waals surface area (Å²) in [5, 5.41) is 8.32. The minimum Gasteiger partial charge on any atom is -0.377 e. The van der Waals surface area contributed by atoms with E-state index in [0.29, 0.717) is 13.1 Å². The number of nitrogens with zero attached hydrogens (tertiary/aromatic N) is 2. The van der Waals surface area contributed by atoms with Crippen LogP contribution in [0.3, 0.4) is 0 Å². The van der Waals surface area contributed by atoms with Crippen LogP contribution < -0.4 is 5.32 Å². The van der Waals surface area contributed by atoms with Gasteiger partial charge in [0.25, 0.3) is 5.91 Å². The van der Waals surface area contributed by atoms with Gasteiger partial charge in [-0.2, -0.15) is 5.10 Å². The van der Waals surface area contributed by atoms with Gasteiger partial charge in [-0.15, -0.1) is 11.6 Å². The summed E-state index contributed by atoms with van der Waals surface area (Å²) in [6.45, 7) is 1.96. The number of halogens is 1. The van der Waals surface area contributed by atoms with Gasteiger partial charge in [-0.05, 0) is 18.4 Å². The highest BCUT2D eigenvalue weighted by Gasteiger charge is 2.33. The molecular formula is C16H20ClN3O2. The standard InChI is InChI=1S/C16H20ClN3O2/c17-15-14(18-9-13-7-4-8-22-13)10-19-20(16(15)21)11-12-5-2-1-3-6-12/h1-3,5-6,10,13-15,18H,4,7-9,11H2. The van der Waals surface area contributed by atoms with E-state index in [1.165, 1.54) is 5.01 Å². The first-order chi connectivity index (χ1) is 10.7. The van der Waals surface area contributed by atoms with Crippen LogP contribution in [0.15, 0.2) is 35.4 Å². The summed E-state index contributed by atoms with van der Waals surface area (Å²) in [5.41, 5.74) is 1.03. The maximum Gasteiger partial charge on any atom is 0.263 e. The molecule has 0 spiro atoms. The fraction of sp³-hybridized carbons (Fsp3) is 0.500. The lowest BCUT2D eigenvalue weighted by Gasteiger charge is -2.29. The van der Waals surface area contributed by atoms with Crippen LogP contribution in [0.25, 0.3) is 0 Å². The minimum absolute atomic E-state index is 0.169. The molecule has 1 N–H and O–H groups in total. The van der Waals surface area contributed by atoms with Gasteiger partial charge in [0.15, 0.2) is 0 Å². The van der Waals surface area contributed by atoms with Gasteiger partial charge < -0.3 is 10.1 Å². The molecule has 118 valence electrons. The Morgan fingerprint density at radius 3 is 2.91 bits per heavy atom. The molecule has 22 heavy (non-hydrogen) atoms. The van der Waals surface area contributed by atoms with Crippen molar-refractivity contribution in [3.05, 3.63) is 35.9 Å². The van der Waals surface area contributed by atoms with E-state index in [-0.39, 0.29) is 18.1 Å². The Kier molecular flexibility index (Phi) is 5.08. The summed E-state index contributed by atoms with van der Waals surface area (Å²) in [5.74, 6) is -0.169. The molecule has 3 rings (SSSR count). The second-order valence-electron chi connectivity index (χ2n) is 5.62. The third-order valence-corrected chi connectivity index (χ3v) is 4.41. The van der Waals surface area contributed by atoms with Gasteiger partial charge >= 0.3 is 0 Å². The zero-order valence-electron chi connectivity index (χ0n) is 12.3. The molecule has 3 unspecified atom stereocenters. The summed E-state index contributed by atoms with van der Waals surface area (Å²) in [6, 6.07) is 9.52. The van der Waals surface area contributed by atoms with Crippen molar-refractivity contribution in [1.29, 1.82) is 0 Å². The lowest BCUT2D eigenvalue weighted by atomic mass is 10.1. The van der Waals surface area contributed by atoms with E-state index in [1.54, 1.807) is 6.21 Å². The van der Waals surface area contributed by atoms with Crippen LogP contribution >= 0.6 is 11.6 Å². The first kappa shape index (κ1) is 15.5. The molecule has 2 heterocycles. The van der Waals surface area contributed by atoms with Gasteiger partial charge in [-0.3, -0.25) is 4.79 Å². The second-order valence-corrected chi connectivity index (χ2v) is 6.09. The number of carbonyl (C=O) groups excluding carboxylic acids is 1. The van der Waals surface area contributed by atoms with Gasteiger partial charge in [0.1, 0.15) is 5.38 Å². The van der Waals surface area contributed by atoms with Crippen molar-refractivity contribution in [2.75, 3.05) is 13.2 Å². The molecule has 1 saturated heterocycles. The molecule has 2 aliphatic heterocycles. The normalized spacial score (nSPS) is 28.3. The Labute approximate surface area is 135 Å². The van der Waals surface area contributed by atoms with E-state index in [2.05, 4.69) is 10.4 Å². The number of hydrogen-bond acceptors (Lipinski definition) is 4. The Balaban J connectivity index is 1.58. The molecule has 1 aromatic rings. The van der Waals surface area contributed by atoms with E-state index in [0.717, 1.165) is 25.0 Å². The molecule has 3 atom stereocenters. The molecule has 5 nitrogen and oxygen atoms in total. The molecular weight excluding hydrogens is 302 g/mol. The molecule has 1 aromatic carbocycles. The van der Waals surface area contributed by atoms with Crippen molar-refractivity contribution in [2.24, 2.45) is 5.10 Å². The number of benzene rings is 1. The molecule has 0 radical (unpaired) electrons. The van der Waals surface area contributed by atoms with Crippen LogP contribution in [0.1, 0.15) is 18.4 Å². The summed E-state index contributed by atoms with van der Waals surface area (Å²) in [6.07, 6.45) is 4.09. The quantitative estimate of drug-likeness (QED) is 0.841. The lowest BCUT2D eigenvalue weighted by molar-refractivity contribution is -0.132. The third-order valence-electron chi connectivity index (χ3n) is 3.95. The van der Waals surface area contributed by atoms with Crippen LogP contribution in [0.4, 0.5) is 0 Å². The largest absolute Gasteiger partial charge is 0.377 e. The second kappa shape index (κ2) is 7.22. The van der Waals surface area contributed by atoms with Crippen molar-refractivity contribution in [2.45, 2.75) is 36.9 Å². The van der Waals surface area contributed by atoms with Crippen molar-refractivity contribution in [3.8, 4) is 0 Å². The number of ether oxygens (including phenoxy) is 1. The summed E-state index contributed by atoms with van der Waals surface area (Å²) < 4.78 is 5.56. The summed E-state index contributed by atoms with van der Waals surface area (Å²) >= 11 is 6.29. The maximum absolute atomic E-state index is 12.3. The van der Waals surface area contributed by atoms with Gasteiger partial charge in [-0.1, -0.05) is 30.3 Å². The number of carbonyl (C=O) groups is 1.